The van der Waals surface area contributed by atoms with Crippen molar-refractivity contribution < 1.29 is 22.6 Å². The van der Waals surface area contributed by atoms with Gasteiger partial charge in [0.25, 0.3) is 0 Å². The lowest BCUT2D eigenvalue weighted by Crippen LogP contribution is -2.11. The number of methoxy groups -OCH3 is 2. The third kappa shape index (κ3) is 4.64. The Kier molecular flexibility index (Phi) is 5.99. The lowest BCUT2D eigenvalue weighted by molar-refractivity contribution is -0.138. The third-order valence-electron chi connectivity index (χ3n) is 5.10. The third-order valence-corrected chi connectivity index (χ3v) is 5.10. The number of nitrogens with zero attached hydrogens (tertiary/aromatic N) is 5. The van der Waals surface area contributed by atoms with Crippen LogP contribution in [0.25, 0.3) is 22.4 Å². The molecule has 0 fully saturated rings. The molecule has 0 radical (unpaired) electrons. The topological polar surface area (TPSA) is 75.0 Å². The number of rotatable bonds is 6. The van der Waals surface area contributed by atoms with E-state index in [1.165, 1.54) is 32.5 Å². The molecule has 0 saturated carbocycles. The summed E-state index contributed by atoms with van der Waals surface area (Å²) in [5, 5.41) is 8.47. The fraction of sp³-hybridized carbons (Fsp3) is 0.217. The summed E-state index contributed by atoms with van der Waals surface area (Å²) in [7, 11) is 2.93. The summed E-state index contributed by atoms with van der Waals surface area (Å²) in [5.41, 5.74) is 2.81. The molecule has 4 aromatic rings. The summed E-state index contributed by atoms with van der Waals surface area (Å²) in [6, 6.07) is 9.36. The Morgan fingerprint density at radius 3 is 2.52 bits per heavy atom. The predicted molar refractivity (Wildman–Crippen MR) is 115 cm³/mol. The van der Waals surface area contributed by atoms with Gasteiger partial charge in [0.2, 0.25) is 5.88 Å². The molecular weight excluding hydrogens is 435 g/mol. The summed E-state index contributed by atoms with van der Waals surface area (Å²) in [6.45, 7) is 1.89. The van der Waals surface area contributed by atoms with Gasteiger partial charge < -0.3 is 14.0 Å². The minimum absolute atomic E-state index is 0.0836. The Bertz CT molecular complexity index is 1290. The Balaban J connectivity index is 1.68. The fourth-order valence-electron chi connectivity index (χ4n) is 3.49. The minimum Gasteiger partial charge on any atom is -0.480 e. The normalized spacial score (nSPS) is 11.5. The Morgan fingerprint density at radius 1 is 1.00 bits per heavy atom. The zero-order valence-corrected chi connectivity index (χ0v) is 18.1. The monoisotopic (exact) mass is 455 g/mol. The van der Waals surface area contributed by atoms with Crippen LogP contribution in [-0.2, 0) is 12.7 Å². The van der Waals surface area contributed by atoms with Crippen molar-refractivity contribution in [1.82, 2.24) is 24.7 Å². The molecule has 1 aromatic carbocycles. The first-order valence-corrected chi connectivity index (χ1v) is 9.91. The van der Waals surface area contributed by atoms with Crippen molar-refractivity contribution in [3.8, 4) is 34.3 Å². The standard InChI is InChI=1S/C23H20F3N5O2/c1-14-17(10-20(30-29-14)18-11-27-22(33-3)28-21(18)32-2)15-8-9-31(12-15)13-16-6-4-5-7-19(16)23(24,25)26/h4-12H,13H2,1-3H3. The maximum atomic E-state index is 13.3. The zero-order chi connectivity index (χ0) is 23.6. The number of hydrogen-bond acceptors (Lipinski definition) is 6. The van der Waals surface area contributed by atoms with Crippen LogP contribution >= 0.6 is 0 Å². The van der Waals surface area contributed by atoms with E-state index in [4.69, 9.17) is 9.47 Å². The lowest BCUT2D eigenvalue weighted by Gasteiger charge is -2.13. The van der Waals surface area contributed by atoms with Gasteiger partial charge >= 0.3 is 12.2 Å². The Hall–Kier alpha value is -3.95. The quantitative estimate of drug-likeness (QED) is 0.416. The molecule has 0 atom stereocenters. The first-order chi connectivity index (χ1) is 15.8. The Morgan fingerprint density at radius 2 is 1.79 bits per heavy atom. The highest BCUT2D eigenvalue weighted by molar-refractivity contribution is 5.73. The second kappa shape index (κ2) is 8.89. The van der Waals surface area contributed by atoms with Crippen molar-refractivity contribution in [3.05, 3.63) is 71.8 Å². The van der Waals surface area contributed by atoms with Crippen LogP contribution in [0.3, 0.4) is 0 Å². The molecule has 170 valence electrons. The predicted octanol–water partition coefficient (Wildman–Crippen LogP) is 4.79. The van der Waals surface area contributed by atoms with Crippen molar-refractivity contribution in [2.75, 3.05) is 14.2 Å². The summed E-state index contributed by atoms with van der Waals surface area (Å²) in [4.78, 5) is 8.28. The van der Waals surface area contributed by atoms with Crippen molar-refractivity contribution in [2.24, 2.45) is 0 Å². The largest absolute Gasteiger partial charge is 0.480 e. The molecule has 0 saturated heterocycles. The van der Waals surface area contributed by atoms with Gasteiger partial charge in [-0.2, -0.15) is 23.3 Å². The number of aromatic nitrogens is 5. The summed E-state index contributed by atoms with van der Waals surface area (Å²) < 4.78 is 52.1. The van der Waals surface area contributed by atoms with E-state index in [1.807, 2.05) is 19.1 Å². The number of hydrogen-bond donors (Lipinski definition) is 0. The van der Waals surface area contributed by atoms with Crippen molar-refractivity contribution in [2.45, 2.75) is 19.6 Å². The fourth-order valence-corrected chi connectivity index (χ4v) is 3.49. The van der Waals surface area contributed by atoms with Crippen LogP contribution in [0.1, 0.15) is 16.8 Å². The molecule has 3 heterocycles. The van der Waals surface area contributed by atoms with Gasteiger partial charge in [0, 0.05) is 36.3 Å². The zero-order valence-electron chi connectivity index (χ0n) is 18.1. The molecule has 0 spiro atoms. The van der Waals surface area contributed by atoms with Crippen molar-refractivity contribution in [3.63, 3.8) is 0 Å². The molecule has 0 bridgehead atoms. The van der Waals surface area contributed by atoms with E-state index in [9.17, 15) is 13.2 Å². The molecule has 0 aliphatic heterocycles. The van der Waals surface area contributed by atoms with Gasteiger partial charge in [0.1, 0.15) is 5.69 Å². The molecular formula is C23H20F3N5O2. The van der Waals surface area contributed by atoms with E-state index >= 15 is 0 Å². The van der Waals surface area contributed by atoms with E-state index in [0.717, 1.165) is 17.2 Å². The van der Waals surface area contributed by atoms with Gasteiger partial charge in [-0.25, -0.2) is 4.98 Å². The smallest absolute Gasteiger partial charge is 0.416 e. The van der Waals surface area contributed by atoms with Crippen LogP contribution in [-0.4, -0.2) is 39.0 Å². The van der Waals surface area contributed by atoms with Crippen molar-refractivity contribution in [1.29, 1.82) is 0 Å². The first-order valence-electron chi connectivity index (χ1n) is 9.91. The van der Waals surface area contributed by atoms with E-state index in [2.05, 4.69) is 20.2 Å². The highest BCUT2D eigenvalue weighted by atomic mass is 19.4. The maximum Gasteiger partial charge on any atom is 0.416 e. The molecule has 0 N–H and O–H groups in total. The summed E-state index contributed by atoms with van der Waals surface area (Å²) in [5.74, 6) is 0.285. The second-order valence-corrected chi connectivity index (χ2v) is 7.24. The van der Waals surface area contributed by atoms with Crippen LogP contribution < -0.4 is 9.47 Å². The highest BCUT2D eigenvalue weighted by Gasteiger charge is 2.32. The molecule has 10 heteroatoms. The van der Waals surface area contributed by atoms with E-state index in [0.29, 0.717) is 17.0 Å². The van der Waals surface area contributed by atoms with Crippen molar-refractivity contribution >= 4 is 0 Å². The average Bonchev–Trinajstić information content (AvgIpc) is 3.27. The minimum atomic E-state index is -4.41. The number of ether oxygens (including phenoxy) is 2. The molecule has 0 amide bonds. The van der Waals surface area contributed by atoms with Gasteiger partial charge in [-0.15, -0.1) is 5.10 Å². The number of alkyl halides is 3. The van der Waals surface area contributed by atoms with E-state index in [-0.39, 0.29) is 24.0 Å². The average molecular weight is 455 g/mol. The summed E-state index contributed by atoms with van der Waals surface area (Å²) >= 11 is 0. The number of benzene rings is 1. The summed E-state index contributed by atoms with van der Waals surface area (Å²) in [6.07, 6.45) is 0.640. The molecule has 3 aromatic heterocycles. The molecule has 7 nitrogen and oxygen atoms in total. The van der Waals surface area contributed by atoms with Gasteiger partial charge in [-0.1, -0.05) is 18.2 Å². The Labute approximate surface area is 187 Å². The van der Waals surface area contributed by atoms with E-state index in [1.54, 1.807) is 23.0 Å². The SMILES string of the molecule is COc1ncc(-c2cc(-c3ccn(Cc4ccccc4C(F)(F)F)c3)c(C)nn2)c(OC)n1. The number of halogens is 3. The van der Waals surface area contributed by atoms with Gasteiger partial charge in [0.15, 0.2) is 0 Å². The van der Waals surface area contributed by atoms with Crippen LogP contribution in [0.2, 0.25) is 0 Å². The van der Waals surface area contributed by atoms with Crippen LogP contribution in [0.15, 0.2) is 55.0 Å². The van der Waals surface area contributed by atoms with Crippen LogP contribution in [0.4, 0.5) is 13.2 Å². The molecule has 4 rings (SSSR count). The molecule has 33 heavy (non-hydrogen) atoms. The van der Waals surface area contributed by atoms with Gasteiger partial charge in [-0.3, -0.25) is 0 Å². The highest BCUT2D eigenvalue weighted by Crippen LogP contribution is 2.33. The first kappa shape index (κ1) is 22.3. The molecule has 0 aliphatic carbocycles. The molecule has 0 unspecified atom stereocenters. The second-order valence-electron chi connectivity index (χ2n) is 7.24. The van der Waals surface area contributed by atoms with E-state index < -0.39 is 11.7 Å². The van der Waals surface area contributed by atoms with Crippen LogP contribution in [0.5, 0.6) is 11.9 Å². The molecule has 0 aliphatic rings. The maximum absolute atomic E-state index is 13.3. The van der Waals surface area contributed by atoms with Gasteiger partial charge in [-0.05, 0) is 30.7 Å². The van der Waals surface area contributed by atoms with Crippen LogP contribution in [0, 0.1) is 6.92 Å². The number of aryl methyl sites for hydroxylation is 1. The lowest BCUT2D eigenvalue weighted by atomic mass is 10.1. The van der Waals surface area contributed by atoms with Gasteiger partial charge in [0.05, 0.1) is 31.0 Å².